The summed E-state index contributed by atoms with van der Waals surface area (Å²) in [6.45, 7) is 0.687. The quantitative estimate of drug-likeness (QED) is 0.323. The number of aryl methyl sites for hydroxylation is 1. The first-order valence-corrected chi connectivity index (χ1v) is 9.50. The first-order valence-electron chi connectivity index (χ1n) is 8.62. The molecule has 2 aromatic rings. The molecule has 2 heterocycles. The Kier molecular flexibility index (Phi) is 6.12. The minimum Gasteiger partial charge on any atom is -0.464 e. The molecular weight excluding hydrogens is 352 g/mol. The lowest BCUT2D eigenvalue weighted by Gasteiger charge is -2.22. The van der Waals surface area contributed by atoms with E-state index >= 15 is 0 Å². The molecule has 1 aromatic carbocycles. The van der Waals surface area contributed by atoms with Crippen molar-refractivity contribution in [3.8, 4) is 0 Å². The van der Waals surface area contributed by atoms with Crippen molar-refractivity contribution in [1.29, 1.82) is 0 Å². The second-order valence-corrected chi connectivity index (χ2v) is 6.97. The maximum absolute atomic E-state index is 12.4. The summed E-state index contributed by atoms with van der Waals surface area (Å²) in [5.41, 5.74) is 1.19. The van der Waals surface area contributed by atoms with Gasteiger partial charge in [-0.2, -0.15) is 0 Å². The minimum absolute atomic E-state index is 0.150. The number of hydrogen-bond acceptors (Lipinski definition) is 6. The maximum atomic E-state index is 12.4. The zero-order chi connectivity index (χ0) is 18.4. The van der Waals surface area contributed by atoms with Crippen molar-refractivity contribution in [3.63, 3.8) is 0 Å². The van der Waals surface area contributed by atoms with E-state index < -0.39 is 23.7 Å². The Hall–Kier alpha value is -2.54. The number of esters is 1. The number of benzene rings is 1. The standard InChI is InChI=1S/C19H20N2O4S/c22-16(17-20-10-13-26-17)18(23)21-11-4-9-15(21)19(24)25-12-5-8-14-6-2-1-3-7-14/h1-3,6-7,10,13,15H,4-5,8-9,11-12H2/t15-/m0/s1. The van der Waals surface area contributed by atoms with Crippen molar-refractivity contribution in [2.75, 3.05) is 13.2 Å². The Morgan fingerprint density at radius 1 is 1.23 bits per heavy atom. The summed E-state index contributed by atoms with van der Waals surface area (Å²) >= 11 is 1.12. The SMILES string of the molecule is O=C(C(=O)N1CCC[C@H]1C(=O)OCCCc1ccccc1)c1nccs1. The van der Waals surface area contributed by atoms with Crippen molar-refractivity contribution < 1.29 is 19.1 Å². The second kappa shape index (κ2) is 8.71. The third-order valence-electron chi connectivity index (χ3n) is 4.30. The zero-order valence-electron chi connectivity index (χ0n) is 14.3. The van der Waals surface area contributed by atoms with Crippen LogP contribution in [0.15, 0.2) is 41.9 Å². The van der Waals surface area contributed by atoms with Gasteiger partial charge in [-0.3, -0.25) is 9.59 Å². The van der Waals surface area contributed by atoms with Crippen LogP contribution < -0.4 is 0 Å². The summed E-state index contributed by atoms with van der Waals surface area (Å²) in [6, 6.07) is 9.30. The maximum Gasteiger partial charge on any atom is 0.328 e. The first kappa shape index (κ1) is 18.3. The predicted octanol–water partition coefficient (Wildman–Crippen LogP) is 2.49. The van der Waals surface area contributed by atoms with E-state index in [-0.39, 0.29) is 5.01 Å². The number of aromatic nitrogens is 1. The van der Waals surface area contributed by atoms with Gasteiger partial charge in [0.05, 0.1) is 6.61 Å². The number of hydrogen-bond donors (Lipinski definition) is 0. The summed E-state index contributed by atoms with van der Waals surface area (Å²) in [7, 11) is 0. The smallest absolute Gasteiger partial charge is 0.328 e. The van der Waals surface area contributed by atoms with Crippen LogP contribution in [0.1, 0.15) is 34.6 Å². The monoisotopic (exact) mass is 372 g/mol. The normalized spacial score (nSPS) is 16.5. The van der Waals surface area contributed by atoms with E-state index in [9.17, 15) is 14.4 Å². The third-order valence-corrected chi connectivity index (χ3v) is 5.08. The molecule has 3 rings (SSSR count). The highest BCUT2D eigenvalue weighted by Crippen LogP contribution is 2.20. The fourth-order valence-electron chi connectivity index (χ4n) is 3.00. The number of Topliss-reactive ketones (excluding diaryl/α,β-unsaturated/α-hetero) is 1. The lowest BCUT2D eigenvalue weighted by Crippen LogP contribution is -2.44. The third kappa shape index (κ3) is 4.35. The number of carbonyl (C=O) groups excluding carboxylic acids is 3. The Bertz CT molecular complexity index is 761. The molecule has 1 aliphatic heterocycles. The molecule has 1 amide bonds. The number of thiazole rings is 1. The van der Waals surface area contributed by atoms with Gasteiger partial charge < -0.3 is 9.64 Å². The van der Waals surface area contributed by atoms with E-state index in [0.717, 1.165) is 17.8 Å². The summed E-state index contributed by atoms with van der Waals surface area (Å²) in [6.07, 6.45) is 4.22. The lowest BCUT2D eigenvalue weighted by molar-refractivity contribution is -0.152. The molecule has 7 heteroatoms. The van der Waals surface area contributed by atoms with E-state index in [1.54, 1.807) is 5.38 Å². The fraction of sp³-hybridized carbons (Fsp3) is 0.368. The van der Waals surface area contributed by atoms with Gasteiger partial charge in [-0.1, -0.05) is 30.3 Å². The molecule has 26 heavy (non-hydrogen) atoms. The van der Waals surface area contributed by atoms with Crippen molar-refractivity contribution >= 4 is 29.0 Å². The molecule has 0 saturated carbocycles. The molecule has 136 valence electrons. The molecule has 0 radical (unpaired) electrons. The van der Waals surface area contributed by atoms with Crippen molar-refractivity contribution in [2.45, 2.75) is 31.7 Å². The highest BCUT2D eigenvalue weighted by molar-refractivity contribution is 7.12. The zero-order valence-corrected chi connectivity index (χ0v) is 15.1. The molecular formula is C19H20N2O4S. The number of ether oxygens (including phenoxy) is 1. The summed E-state index contributed by atoms with van der Waals surface area (Å²) in [4.78, 5) is 42.1. The van der Waals surface area contributed by atoms with E-state index in [0.29, 0.717) is 32.4 Å². The topological polar surface area (TPSA) is 76.6 Å². The molecule has 6 nitrogen and oxygen atoms in total. The van der Waals surface area contributed by atoms with Crippen LogP contribution in [0.2, 0.25) is 0 Å². The van der Waals surface area contributed by atoms with E-state index in [1.165, 1.54) is 16.7 Å². The van der Waals surface area contributed by atoms with Crippen molar-refractivity contribution in [1.82, 2.24) is 9.88 Å². The molecule has 1 saturated heterocycles. The fourth-order valence-corrected chi connectivity index (χ4v) is 3.57. The van der Waals surface area contributed by atoms with Gasteiger partial charge in [0.15, 0.2) is 5.01 Å². The van der Waals surface area contributed by atoms with Crippen LogP contribution >= 0.6 is 11.3 Å². The first-order chi connectivity index (χ1) is 12.7. The Morgan fingerprint density at radius 2 is 2.04 bits per heavy atom. The van der Waals surface area contributed by atoms with Gasteiger partial charge in [-0.25, -0.2) is 9.78 Å². The van der Waals surface area contributed by atoms with Crippen LogP contribution in [-0.2, 0) is 20.7 Å². The molecule has 1 fully saturated rings. The minimum atomic E-state index is -0.678. The van der Waals surface area contributed by atoms with Gasteiger partial charge in [0, 0.05) is 18.1 Å². The van der Waals surface area contributed by atoms with E-state index in [4.69, 9.17) is 4.74 Å². The number of nitrogens with zero attached hydrogens (tertiary/aromatic N) is 2. The Balaban J connectivity index is 1.50. The molecule has 0 bridgehead atoms. The van der Waals surface area contributed by atoms with Gasteiger partial charge in [-0.15, -0.1) is 11.3 Å². The number of amides is 1. The molecule has 1 atom stereocenters. The summed E-state index contributed by atoms with van der Waals surface area (Å²) < 4.78 is 5.34. The average molecular weight is 372 g/mol. The number of carbonyl (C=O) groups is 3. The van der Waals surface area contributed by atoms with E-state index in [1.807, 2.05) is 30.3 Å². The summed E-state index contributed by atoms with van der Waals surface area (Å²) in [5, 5.41) is 1.79. The number of ketones is 1. The summed E-state index contributed by atoms with van der Waals surface area (Å²) in [5.74, 6) is -1.77. The molecule has 0 aliphatic carbocycles. The van der Waals surface area contributed by atoms with Crippen molar-refractivity contribution in [3.05, 3.63) is 52.5 Å². The average Bonchev–Trinajstić information content (AvgIpc) is 3.36. The predicted molar refractivity (Wildman–Crippen MR) is 96.9 cm³/mol. The molecule has 1 aromatic heterocycles. The van der Waals surface area contributed by atoms with Crippen LogP contribution in [-0.4, -0.2) is 46.7 Å². The van der Waals surface area contributed by atoms with Crippen molar-refractivity contribution in [2.24, 2.45) is 0 Å². The Morgan fingerprint density at radius 3 is 2.77 bits per heavy atom. The van der Waals surface area contributed by atoms with Crippen LogP contribution in [0.25, 0.3) is 0 Å². The van der Waals surface area contributed by atoms with Crippen LogP contribution in [0.3, 0.4) is 0 Å². The van der Waals surface area contributed by atoms with Gasteiger partial charge in [-0.05, 0) is 31.2 Å². The lowest BCUT2D eigenvalue weighted by atomic mass is 10.1. The van der Waals surface area contributed by atoms with Crippen LogP contribution in [0.5, 0.6) is 0 Å². The number of likely N-dealkylation sites (tertiary alicyclic amines) is 1. The van der Waals surface area contributed by atoms with Gasteiger partial charge in [0.2, 0.25) is 0 Å². The highest BCUT2D eigenvalue weighted by Gasteiger charge is 2.38. The number of rotatable bonds is 7. The van der Waals surface area contributed by atoms with Gasteiger partial charge in [0.25, 0.3) is 11.7 Å². The second-order valence-electron chi connectivity index (χ2n) is 6.08. The van der Waals surface area contributed by atoms with Gasteiger partial charge in [0.1, 0.15) is 6.04 Å². The molecule has 0 unspecified atom stereocenters. The molecule has 0 N–H and O–H groups in total. The van der Waals surface area contributed by atoms with Crippen LogP contribution in [0, 0.1) is 0 Å². The van der Waals surface area contributed by atoms with Gasteiger partial charge >= 0.3 is 5.97 Å². The molecule has 1 aliphatic rings. The molecule has 0 spiro atoms. The highest BCUT2D eigenvalue weighted by atomic mass is 32.1. The van der Waals surface area contributed by atoms with E-state index in [2.05, 4.69) is 4.98 Å². The van der Waals surface area contributed by atoms with Crippen LogP contribution in [0.4, 0.5) is 0 Å². The Labute approximate surface area is 155 Å². The largest absolute Gasteiger partial charge is 0.464 e.